The topological polar surface area (TPSA) is 73.4 Å². The number of fused-ring (bicyclic) bond motifs is 1. The Bertz CT molecular complexity index is 1110. The summed E-state index contributed by atoms with van der Waals surface area (Å²) >= 11 is 1.43. The van der Waals surface area contributed by atoms with E-state index >= 15 is 0 Å². The number of hydrogen-bond donors (Lipinski definition) is 0. The van der Waals surface area contributed by atoms with Crippen molar-refractivity contribution in [2.24, 2.45) is 0 Å². The van der Waals surface area contributed by atoms with E-state index in [9.17, 15) is 4.79 Å². The molecule has 2 aromatic carbocycles. The quantitative estimate of drug-likeness (QED) is 0.333. The lowest BCUT2D eigenvalue weighted by Crippen LogP contribution is -2.40. The Hall–Kier alpha value is -2.59. The summed E-state index contributed by atoms with van der Waals surface area (Å²) in [5, 5.41) is 0.610. The molecule has 1 aliphatic heterocycles. The van der Waals surface area contributed by atoms with E-state index in [1.54, 1.807) is 19.1 Å². The Morgan fingerprint density at radius 2 is 1.76 bits per heavy atom. The van der Waals surface area contributed by atoms with E-state index in [0.29, 0.717) is 40.4 Å². The van der Waals surface area contributed by atoms with Crippen LogP contribution >= 0.6 is 23.7 Å². The molecule has 0 atom stereocenters. The number of halogens is 1. The summed E-state index contributed by atoms with van der Waals surface area (Å²) in [6.07, 6.45) is 0.818. The molecule has 0 bridgehead atoms. The van der Waals surface area contributed by atoms with Crippen LogP contribution in [0.2, 0.25) is 0 Å². The first kappa shape index (κ1) is 29.0. The van der Waals surface area contributed by atoms with Gasteiger partial charge in [-0.3, -0.25) is 14.6 Å². The first-order chi connectivity index (χ1) is 17.5. The number of morpholine rings is 1. The third kappa shape index (κ3) is 7.25. The van der Waals surface area contributed by atoms with Gasteiger partial charge in [0.25, 0.3) is 5.91 Å². The van der Waals surface area contributed by atoms with Crippen LogP contribution in [0.4, 0.5) is 5.13 Å². The van der Waals surface area contributed by atoms with E-state index in [1.165, 1.54) is 16.9 Å². The lowest BCUT2D eigenvalue weighted by molar-refractivity contribution is -0.120. The number of hydrogen-bond acceptors (Lipinski definition) is 8. The molecule has 8 nitrogen and oxygen atoms in total. The summed E-state index contributed by atoms with van der Waals surface area (Å²) in [5.41, 5.74) is 1.92. The Morgan fingerprint density at radius 1 is 1.08 bits per heavy atom. The van der Waals surface area contributed by atoms with E-state index in [0.717, 1.165) is 44.0 Å². The van der Waals surface area contributed by atoms with Crippen molar-refractivity contribution in [1.29, 1.82) is 0 Å². The second-order valence-corrected chi connectivity index (χ2v) is 9.99. The number of methoxy groups -OCH3 is 2. The third-order valence-corrected chi connectivity index (χ3v) is 7.39. The van der Waals surface area contributed by atoms with Gasteiger partial charge >= 0.3 is 0 Å². The molecule has 0 N–H and O–H groups in total. The van der Waals surface area contributed by atoms with Gasteiger partial charge in [-0.2, -0.15) is 0 Å². The van der Waals surface area contributed by atoms with Crippen molar-refractivity contribution in [3.05, 3.63) is 42.0 Å². The van der Waals surface area contributed by atoms with Crippen LogP contribution in [0.25, 0.3) is 10.2 Å². The third-order valence-electron chi connectivity index (χ3n) is 6.30. The minimum Gasteiger partial charge on any atom is -0.495 e. The fourth-order valence-electron chi connectivity index (χ4n) is 4.17. The maximum atomic E-state index is 13.4. The van der Waals surface area contributed by atoms with Gasteiger partial charge in [-0.05, 0) is 42.2 Å². The average Bonchev–Trinajstić information content (AvgIpc) is 3.35. The van der Waals surface area contributed by atoms with E-state index < -0.39 is 0 Å². The van der Waals surface area contributed by atoms with Crippen molar-refractivity contribution in [1.82, 2.24) is 9.88 Å². The van der Waals surface area contributed by atoms with Crippen molar-refractivity contribution in [3.63, 3.8) is 0 Å². The van der Waals surface area contributed by atoms with Crippen molar-refractivity contribution in [3.8, 4) is 17.2 Å². The Labute approximate surface area is 228 Å². The van der Waals surface area contributed by atoms with Crippen LogP contribution in [-0.2, 0) is 9.53 Å². The van der Waals surface area contributed by atoms with Gasteiger partial charge in [0, 0.05) is 26.2 Å². The van der Waals surface area contributed by atoms with Gasteiger partial charge in [-0.25, -0.2) is 4.98 Å². The van der Waals surface area contributed by atoms with Gasteiger partial charge in [0.15, 0.2) is 11.7 Å². The van der Waals surface area contributed by atoms with Crippen molar-refractivity contribution >= 4 is 45.0 Å². The first-order valence-electron chi connectivity index (χ1n) is 12.3. The fraction of sp³-hybridized carbons (Fsp3) is 0.481. The van der Waals surface area contributed by atoms with Gasteiger partial charge < -0.3 is 18.9 Å². The highest BCUT2D eigenvalue weighted by atomic mass is 35.5. The molecule has 0 saturated carbocycles. The highest BCUT2D eigenvalue weighted by Gasteiger charge is 2.23. The molecule has 10 heteroatoms. The Balaban J connectivity index is 0.00000380. The summed E-state index contributed by atoms with van der Waals surface area (Å²) in [7, 11) is 3.24. The lowest BCUT2D eigenvalue weighted by atomic mass is 10.0. The van der Waals surface area contributed by atoms with Gasteiger partial charge in [-0.1, -0.05) is 37.3 Å². The molecule has 4 rings (SSSR count). The number of ether oxygens (including phenoxy) is 4. The van der Waals surface area contributed by atoms with Crippen LogP contribution in [-0.4, -0.2) is 76.0 Å². The maximum absolute atomic E-state index is 13.4. The van der Waals surface area contributed by atoms with E-state index in [4.69, 9.17) is 23.9 Å². The van der Waals surface area contributed by atoms with Crippen molar-refractivity contribution in [2.75, 3.05) is 65.1 Å². The predicted octanol–water partition coefficient (Wildman–Crippen LogP) is 4.99. The molecule has 1 aromatic heterocycles. The van der Waals surface area contributed by atoms with Crippen LogP contribution < -0.4 is 19.1 Å². The molecule has 1 saturated heterocycles. The number of nitrogens with zero attached hydrogens (tertiary/aromatic N) is 3. The molecule has 0 unspecified atom stereocenters. The van der Waals surface area contributed by atoms with Crippen molar-refractivity contribution in [2.45, 2.75) is 26.2 Å². The van der Waals surface area contributed by atoms with Gasteiger partial charge in [-0.15, -0.1) is 12.4 Å². The molecule has 37 heavy (non-hydrogen) atoms. The lowest BCUT2D eigenvalue weighted by Gasteiger charge is -2.27. The second kappa shape index (κ2) is 13.8. The van der Waals surface area contributed by atoms with Crippen LogP contribution in [0, 0.1) is 0 Å². The standard InChI is InChI=1S/C27H35N3O5S.ClH/c1-19(2)20-6-8-21(9-7-20)35-18-24(31)30(13-5-12-29-14-16-34-17-15-29)27-28-25-22(32-3)10-11-23(33-4)26(25)36-27;/h6-11,19H,5,12-18H2,1-4H3;1H. The average molecular weight is 550 g/mol. The van der Waals surface area contributed by atoms with E-state index in [-0.39, 0.29) is 24.9 Å². The monoisotopic (exact) mass is 549 g/mol. The number of thiazole rings is 1. The molecule has 2 heterocycles. The summed E-state index contributed by atoms with van der Waals surface area (Å²) in [6, 6.07) is 11.6. The smallest absolute Gasteiger partial charge is 0.266 e. The zero-order valence-corrected chi connectivity index (χ0v) is 23.5. The number of aromatic nitrogens is 1. The molecular formula is C27H36ClN3O5S. The van der Waals surface area contributed by atoms with Crippen LogP contribution in [0.15, 0.2) is 36.4 Å². The zero-order valence-electron chi connectivity index (χ0n) is 21.9. The largest absolute Gasteiger partial charge is 0.495 e. The minimum atomic E-state index is -0.137. The number of anilines is 1. The predicted molar refractivity (Wildman–Crippen MR) is 150 cm³/mol. The highest BCUT2D eigenvalue weighted by molar-refractivity contribution is 7.22. The van der Waals surface area contributed by atoms with E-state index in [1.807, 2.05) is 36.4 Å². The summed E-state index contributed by atoms with van der Waals surface area (Å²) in [6.45, 7) is 9.00. The number of rotatable bonds is 11. The van der Waals surface area contributed by atoms with Gasteiger partial charge in [0.1, 0.15) is 27.5 Å². The van der Waals surface area contributed by atoms with Crippen LogP contribution in [0.1, 0.15) is 31.7 Å². The van der Waals surface area contributed by atoms with Crippen LogP contribution in [0.3, 0.4) is 0 Å². The molecule has 1 fully saturated rings. The summed E-state index contributed by atoms with van der Waals surface area (Å²) in [4.78, 5) is 22.3. The number of carbonyl (C=O) groups is 1. The maximum Gasteiger partial charge on any atom is 0.266 e. The first-order valence-corrected chi connectivity index (χ1v) is 13.2. The number of benzene rings is 2. The Morgan fingerprint density at radius 3 is 2.41 bits per heavy atom. The zero-order chi connectivity index (χ0) is 25.5. The summed E-state index contributed by atoms with van der Waals surface area (Å²) < 4.78 is 23.2. The number of carbonyl (C=O) groups excluding carboxylic acids is 1. The fourth-order valence-corrected chi connectivity index (χ4v) is 5.28. The molecule has 1 amide bonds. The van der Waals surface area contributed by atoms with Crippen molar-refractivity contribution < 1.29 is 23.7 Å². The molecule has 202 valence electrons. The summed E-state index contributed by atoms with van der Waals surface area (Å²) in [5.74, 6) is 2.33. The molecule has 3 aromatic rings. The van der Waals surface area contributed by atoms with Gasteiger partial charge in [0.05, 0.1) is 27.4 Å². The minimum absolute atomic E-state index is 0. The molecule has 0 aliphatic carbocycles. The van der Waals surface area contributed by atoms with Gasteiger partial charge in [0.2, 0.25) is 0 Å². The molecule has 0 spiro atoms. The normalized spacial score (nSPS) is 13.9. The van der Waals surface area contributed by atoms with Crippen LogP contribution in [0.5, 0.6) is 17.2 Å². The molecule has 0 radical (unpaired) electrons. The number of amides is 1. The molecular weight excluding hydrogens is 514 g/mol. The SMILES string of the molecule is COc1ccc(OC)c2sc(N(CCCN3CCOCC3)C(=O)COc3ccc(C(C)C)cc3)nc12.Cl. The highest BCUT2D eigenvalue weighted by Crippen LogP contribution is 2.40. The Kier molecular flexibility index (Phi) is 10.8. The van der Waals surface area contributed by atoms with E-state index in [2.05, 4.69) is 18.7 Å². The second-order valence-electron chi connectivity index (χ2n) is 9.01. The molecule has 1 aliphatic rings.